The maximum atomic E-state index is 14.2. The topological polar surface area (TPSA) is 72.8 Å². The molecule has 0 radical (unpaired) electrons. The van der Waals surface area contributed by atoms with E-state index < -0.39 is 29.4 Å². The van der Waals surface area contributed by atoms with Crippen LogP contribution in [0.1, 0.15) is 24.7 Å². The second-order valence-electron chi connectivity index (χ2n) is 4.50. The van der Waals surface area contributed by atoms with E-state index in [4.69, 9.17) is 16.4 Å². The molecule has 2 rings (SSSR count). The van der Waals surface area contributed by atoms with Crippen LogP contribution in [-0.2, 0) is 6.54 Å². The first-order chi connectivity index (χ1) is 11.4. The average Bonchev–Trinajstić information content (AvgIpc) is 2.90. The number of alkyl halides is 2. The average molecular weight is 336 g/mol. The molecule has 1 aromatic heterocycles. The molecule has 0 aliphatic rings. The molecule has 0 aliphatic heterocycles. The molecule has 2 aromatic rings. The SMILES string of the molecule is C#CCOc1cc(-n2nc(C(F)F)n(CC)c2=O)c(F)cc1C#N. The number of halogens is 3. The van der Waals surface area contributed by atoms with E-state index in [0.29, 0.717) is 4.68 Å². The molecule has 1 heterocycles. The lowest BCUT2D eigenvalue weighted by Crippen LogP contribution is -2.24. The number of benzene rings is 1. The number of ether oxygens (including phenoxy) is 1. The Morgan fingerprint density at radius 3 is 2.67 bits per heavy atom. The molecule has 124 valence electrons. The highest BCUT2D eigenvalue weighted by Crippen LogP contribution is 2.25. The molecule has 1 aromatic carbocycles. The molecule has 0 amide bonds. The van der Waals surface area contributed by atoms with E-state index in [2.05, 4.69) is 11.0 Å². The molecule has 9 heteroatoms. The Bertz CT molecular complexity index is 903. The first-order valence-electron chi connectivity index (χ1n) is 6.72. The van der Waals surface area contributed by atoms with Gasteiger partial charge in [-0.3, -0.25) is 4.57 Å². The van der Waals surface area contributed by atoms with Crippen LogP contribution in [0.3, 0.4) is 0 Å². The fraction of sp³-hybridized carbons (Fsp3) is 0.267. The summed E-state index contributed by atoms with van der Waals surface area (Å²) in [6, 6.07) is 3.56. The van der Waals surface area contributed by atoms with Crippen LogP contribution in [0.4, 0.5) is 13.2 Å². The van der Waals surface area contributed by atoms with E-state index >= 15 is 0 Å². The third-order valence-corrected chi connectivity index (χ3v) is 3.11. The van der Waals surface area contributed by atoms with Crippen LogP contribution in [0.2, 0.25) is 0 Å². The Balaban J connectivity index is 2.67. The minimum atomic E-state index is -3.00. The van der Waals surface area contributed by atoms with Crippen molar-refractivity contribution < 1.29 is 17.9 Å². The molecule has 6 nitrogen and oxygen atoms in total. The summed E-state index contributed by atoms with van der Waals surface area (Å²) in [5.74, 6) is 0.334. The van der Waals surface area contributed by atoms with Crippen molar-refractivity contribution in [2.24, 2.45) is 0 Å². The molecule has 0 spiro atoms. The van der Waals surface area contributed by atoms with E-state index in [-0.39, 0.29) is 24.5 Å². The van der Waals surface area contributed by atoms with E-state index in [1.807, 2.05) is 0 Å². The maximum Gasteiger partial charge on any atom is 0.350 e. The molecular formula is C15H11F3N4O2. The van der Waals surface area contributed by atoms with Gasteiger partial charge in [-0.2, -0.15) is 9.94 Å². The van der Waals surface area contributed by atoms with Crippen LogP contribution in [0, 0.1) is 29.5 Å². The highest BCUT2D eigenvalue weighted by molar-refractivity contribution is 5.51. The summed E-state index contributed by atoms with van der Waals surface area (Å²) in [6.45, 7) is 1.23. The highest BCUT2D eigenvalue weighted by Gasteiger charge is 2.23. The van der Waals surface area contributed by atoms with Gasteiger partial charge in [0.15, 0.2) is 5.82 Å². The Labute approximate surface area is 134 Å². The van der Waals surface area contributed by atoms with Gasteiger partial charge in [0.05, 0.1) is 5.56 Å². The van der Waals surface area contributed by atoms with Crippen LogP contribution >= 0.6 is 0 Å². The first-order valence-corrected chi connectivity index (χ1v) is 6.72. The van der Waals surface area contributed by atoms with Gasteiger partial charge in [-0.15, -0.1) is 11.5 Å². The maximum absolute atomic E-state index is 14.2. The normalized spacial score (nSPS) is 10.5. The van der Waals surface area contributed by atoms with Crippen LogP contribution < -0.4 is 10.4 Å². The number of rotatable bonds is 5. The molecule has 24 heavy (non-hydrogen) atoms. The monoisotopic (exact) mass is 336 g/mol. The van der Waals surface area contributed by atoms with Crippen molar-refractivity contribution >= 4 is 0 Å². The molecule has 0 atom stereocenters. The van der Waals surface area contributed by atoms with E-state index in [9.17, 15) is 18.0 Å². The summed E-state index contributed by atoms with van der Waals surface area (Å²) in [5, 5.41) is 12.5. The zero-order valence-corrected chi connectivity index (χ0v) is 12.5. The van der Waals surface area contributed by atoms with Gasteiger partial charge in [-0.25, -0.2) is 18.0 Å². The molecule has 0 fully saturated rings. The molecule has 0 bridgehead atoms. The lowest BCUT2D eigenvalue weighted by Gasteiger charge is -2.08. The Morgan fingerprint density at radius 1 is 1.46 bits per heavy atom. The number of aromatic nitrogens is 3. The van der Waals surface area contributed by atoms with Crippen molar-refractivity contribution in [2.75, 3.05) is 6.61 Å². The molecule has 0 saturated heterocycles. The van der Waals surface area contributed by atoms with Gasteiger partial charge >= 0.3 is 5.69 Å². The lowest BCUT2D eigenvalue weighted by atomic mass is 10.2. The number of nitriles is 1. The van der Waals surface area contributed by atoms with Crippen molar-refractivity contribution in [1.29, 1.82) is 5.26 Å². The van der Waals surface area contributed by atoms with E-state index in [0.717, 1.165) is 16.7 Å². The third-order valence-electron chi connectivity index (χ3n) is 3.11. The summed E-state index contributed by atoms with van der Waals surface area (Å²) < 4.78 is 46.5. The van der Waals surface area contributed by atoms with Gasteiger partial charge in [0.2, 0.25) is 5.82 Å². The van der Waals surface area contributed by atoms with E-state index in [1.165, 1.54) is 6.92 Å². The van der Waals surface area contributed by atoms with Gasteiger partial charge in [-0.05, 0) is 13.0 Å². The quantitative estimate of drug-likeness (QED) is 0.783. The lowest BCUT2D eigenvalue weighted by molar-refractivity contribution is 0.134. The molecule has 0 aliphatic carbocycles. The standard InChI is InChI=1S/C15H11F3N4O2/c1-3-5-24-12-7-11(10(16)6-9(12)8-19)22-15(23)21(4-2)14(20-22)13(17)18/h1,6-7,13H,4-5H2,2H3. The van der Waals surface area contributed by atoms with Crippen LogP contribution in [0.5, 0.6) is 5.75 Å². The van der Waals surface area contributed by atoms with Gasteiger partial charge < -0.3 is 4.74 Å². The Kier molecular flexibility index (Phi) is 4.95. The van der Waals surface area contributed by atoms with Gasteiger partial charge in [0.25, 0.3) is 6.43 Å². The molecule has 0 unspecified atom stereocenters. The second-order valence-corrected chi connectivity index (χ2v) is 4.50. The van der Waals surface area contributed by atoms with E-state index in [1.54, 1.807) is 6.07 Å². The zero-order chi connectivity index (χ0) is 17.9. The number of nitrogens with zero attached hydrogens (tertiary/aromatic N) is 4. The van der Waals surface area contributed by atoms with Gasteiger partial charge in [-0.1, -0.05) is 5.92 Å². The van der Waals surface area contributed by atoms with Crippen molar-refractivity contribution in [1.82, 2.24) is 14.3 Å². The van der Waals surface area contributed by atoms with Crippen LogP contribution in [-0.4, -0.2) is 21.0 Å². The largest absolute Gasteiger partial charge is 0.479 e. The summed E-state index contributed by atoms with van der Waals surface area (Å²) in [5.41, 5.74) is -1.50. The minimum Gasteiger partial charge on any atom is -0.479 e. The first kappa shape index (κ1) is 17.2. The fourth-order valence-corrected chi connectivity index (χ4v) is 2.06. The summed E-state index contributed by atoms with van der Waals surface area (Å²) in [6.07, 6.45) is 2.06. The predicted molar refractivity (Wildman–Crippen MR) is 77.5 cm³/mol. The summed E-state index contributed by atoms with van der Waals surface area (Å²) >= 11 is 0. The molecule has 0 saturated carbocycles. The Morgan fingerprint density at radius 2 is 2.17 bits per heavy atom. The zero-order valence-electron chi connectivity index (χ0n) is 12.5. The third kappa shape index (κ3) is 2.97. The van der Waals surface area contributed by atoms with Crippen molar-refractivity contribution in [3.63, 3.8) is 0 Å². The van der Waals surface area contributed by atoms with Gasteiger partial charge in [0.1, 0.15) is 24.1 Å². The fourth-order valence-electron chi connectivity index (χ4n) is 2.06. The van der Waals surface area contributed by atoms with Gasteiger partial charge in [0, 0.05) is 12.6 Å². The number of hydrogen-bond acceptors (Lipinski definition) is 4. The smallest absolute Gasteiger partial charge is 0.350 e. The van der Waals surface area contributed by atoms with Crippen molar-refractivity contribution in [3.8, 4) is 29.8 Å². The second kappa shape index (κ2) is 6.92. The van der Waals surface area contributed by atoms with Crippen LogP contribution in [0.15, 0.2) is 16.9 Å². The van der Waals surface area contributed by atoms with Crippen molar-refractivity contribution in [3.05, 3.63) is 39.8 Å². The van der Waals surface area contributed by atoms with Crippen LogP contribution in [0.25, 0.3) is 5.69 Å². The minimum absolute atomic E-state index is 0.0587. The summed E-state index contributed by atoms with van der Waals surface area (Å²) in [7, 11) is 0. The van der Waals surface area contributed by atoms with Crippen molar-refractivity contribution in [2.45, 2.75) is 19.9 Å². The molecule has 0 N–H and O–H groups in total. The molecular weight excluding hydrogens is 325 g/mol. The highest BCUT2D eigenvalue weighted by atomic mass is 19.3. The Hall–Kier alpha value is -3.20. The number of hydrogen-bond donors (Lipinski definition) is 0. The number of terminal acetylenes is 1. The predicted octanol–water partition coefficient (Wildman–Crippen LogP) is 2.01. The summed E-state index contributed by atoms with van der Waals surface area (Å²) in [4.78, 5) is 12.2.